The molecule has 0 spiro atoms. The zero-order valence-electron chi connectivity index (χ0n) is 31.0. The van der Waals surface area contributed by atoms with Gasteiger partial charge in [-0.3, -0.25) is 14.7 Å². The first-order chi connectivity index (χ1) is 26.7. The number of rotatable bonds is 12. The lowest BCUT2D eigenvalue weighted by molar-refractivity contribution is -1.15. The van der Waals surface area contributed by atoms with E-state index in [9.17, 15) is 22.8 Å². The second kappa shape index (κ2) is 17.4. The molecule has 2 aliphatic rings. The van der Waals surface area contributed by atoms with Crippen molar-refractivity contribution in [2.24, 2.45) is 0 Å². The standard InChI is InChI=1S/C45H47F4N4O2/c1-55-43-32-51(28-29-53(43,54)45(37-11-19-41(48)20-12-37)38-13-21-42(49)22-14-38)31-34-5-2-4-33(30-34)6-3-23-50-24-26-52(27-25-50)44(35-7-15-39(46)16-8-35)36-9-17-40(47)18-10-36/h2-22,30,43-45,54H,23-29,31-32H2,1H3/q+1. The number of benzene rings is 5. The Morgan fingerprint density at radius 3 is 1.69 bits per heavy atom. The zero-order chi connectivity index (χ0) is 38.4. The van der Waals surface area contributed by atoms with Crippen molar-refractivity contribution < 1.29 is 32.2 Å². The molecule has 2 fully saturated rings. The van der Waals surface area contributed by atoms with Gasteiger partial charge in [-0.15, -0.1) is 4.65 Å². The average molecular weight is 752 g/mol. The van der Waals surface area contributed by atoms with E-state index in [1.165, 1.54) is 48.5 Å². The third kappa shape index (κ3) is 9.24. The number of methoxy groups -OCH3 is 1. The normalized spacial score (nSPS) is 20.2. The Hall–Kier alpha value is -4.68. The Labute approximate surface area is 320 Å². The number of halogens is 4. The summed E-state index contributed by atoms with van der Waals surface area (Å²) >= 11 is 0. The van der Waals surface area contributed by atoms with Crippen molar-refractivity contribution in [3.05, 3.63) is 184 Å². The molecule has 55 heavy (non-hydrogen) atoms. The quantitative estimate of drug-likeness (QED) is 0.102. The van der Waals surface area contributed by atoms with Crippen LogP contribution >= 0.6 is 0 Å². The van der Waals surface area contributed by atoms with Gasteiger partial charge in [0.2, 0.25) is 6.23 Å². The molecule has 0 bridgehead atoms. The van der Waals surface area contributed by atoms with Crippen molar-refractivity contribution in [1.82, 2.24) is 14.7 Å². The highest BCUT2D eigenvalue weighted by Crippen LogP contribution is 2.38. The van der Waals surface area contributed by atoms with Crippen LogP contribution < -0.4 is 0 Å². The van der Waals surface area contributed by atoms with Gasteiger partial charge in [-0.25, -0.2) is 22.8 Å². The summed E-state index contributed by atoms with van der Waals surface area (Å²) in [7, 11) is 1.59. The molecule has 6 nitrogen and oxygen atoms in total. The van der Waals surface area contributed by atoms with Gasteiger partial charge in [-0.2, -0.15) is 0 Å². The van der Waals surface area contributed by atoms with E-state index in [2.05, 4.69) is 51.1 Å². The van der Waals surface area contributed by atoms with Crippen LogP contribution in [-0.2, 0) is 11.3 Å². The molecular weight excluding hydrogens is 705 g/mol. The fourth-order valence-corrected chi connectivity index (χ4v) is 8.09. The van der Waals surface area contributed by atoms with Crippen LogP contribution in [-0.4, -0.2) is 90.2 Å². The van der Waals surface area contributed by atoms with Gasteiger partial charge in [0.25, 0.3) is 0 Å². The van der Waals surface area contributed by atoms with E-state index in [1.807, 2.05) is 24.3 Å². The van der Waals surface area contributed by atoms with E-state index in [0.717, 1.165) is 55.0 Å². The Balaban J connectivity index is 0.963. The molecule has 10 heteroatoms. The maximum absolute atomic E-state index is 13.9. The maximum atomic E-state index is 13.9. The topological polar surface area (TPSA) is 39.2 Å². The summed E-state index contributed by atoms with van der Waals surface area (Å²) in [5.74, 6) is -1.29. The van der Waals surface area contributed by atoms with E-state index in [0.29, 0.717) is 37.3 Å². The van der Waals surface area contributed by atoms with Gasteiger partial charge < -0.3 is 4.74 Å². The smallest absolute Gasteiger partial charge is 0.236 e. The molecule has 0 amide bonds. The minimum Gasteiger partial charge on any atom is -0.329 e. The Kier molecular flexibility index (Phi) is 12.2. The second-order valence-electron chi connectivity index (χ2n) is 14.5. The van der Waals surface area contributed by atoms with Crippen LogP contribution in [0.15, 0.2) is 127 Å². The van der Waals surface area contributed by atoms with Gasteiger partial charge in [-0.1, -0.05) is 60.7 Å². The van der Waals surface area contributed by atoms with E-state index in [1.54, 1.807) is 31.4 Å². The van der Waals surface area contributed by atoms with Crippen LogP contribution in [0, 0.1) is 23.3 Å². The van der Waals surface area contributed by atoms with Gasteiger partial charge >= 0.3 is 0 Å². The predicted molar refractivity (Wildman–Crippen MR) is 206 cm³/mol. The summed E-state index contributed by atoms with van der Waals surface area (Å²) in [6, 6.07) is 33.1. The number of hydroxylamine groups is 3. The molecule has 1 N–H and O–H groups in total. The molecule has 2 heterocycles. The molecular formula is C45H47F4N4O2+. The van der Waals surface area contributed by atoms with Crippen molar-refractivity contribution in [3.63, 3.8) is 0 Å². The van der Waals surface area contributed by atoms with E-state index < -0.39 is 16.9 Å². The molecule has 286 valence electrons. The van der Waals surface area contributed by atoms with E-state index >= 15 is 0 Å². The number of ether oxygens (including phenoxy) is 1. The van der Waals surface area contributed by atoms with Gasteiger partial charge in [0, 0.05) is 57.5 Å². The summed E-state index contributed by atoms with van der Waals surface area (Å²) in [5, 5.41) is 12.3. The van der Waals surface area contributed by atoms with Gasteiger partial charge in [0.15, 0.2) is 6.04 Å². The minimum absolute atomic E-state index is 0.0838. The first-order valence-corrected chi connectivity index (χ1v) is 18.8. The van der Waals surface area contributed by atoms with Crippen LogP contribution in [0.2, 0.25) is 0 Å². The average Bonchev–Trinajstić information content (AvgIpc) is 3.19. The zero-order valence-corrected chi connectivity index (χ0v) is 31.0. The summed E-state index contributed by atoms with van der Waals surface area (Å²) in [6.07, 6.45) is 3.73. The van der Waals surface area contributed by atoms with E-state index in [4.69, 9.17) is 4.74 Å². The number of quaternary nitrogens is 1. The molecule has 5 aromatic rings. The SMILES string of the molecule is COC1CN(Cc2cccc(C=CCN3CCN(C(c4ccc(F)cc4)c4ccc(F)cc4)CC3)c2)CC[N+]1(O)C(c1ccc(F)cc1)c1ccc(F)cc1. The lowest BCUT2D eigenvalue weighted by atomic mass is 9.95. The molecule has 2 unspecified atom stereocenters. The van der Waals surface area contributed by atoms with Crippen molar-refractivity contribution in [3.8, 4) is 0 Å². The summed E-state index contributed by atoms with van der Waals surface area (Å²) in [5.41, 5.74) is 5.64. The second-order valence-corrected chi connectivity index (χ2v) is 14.5. The maximum Gasteiger partial charge on any atom is 0.236 e. The fraction of sp³-hybridized carbons (Fsp3) is 0.289. The number of hydrogen-bond donors (Lipinski definition) is 1. The largest absolute Gasteiger partial charge is 0.329 e. The predicted octanol–water partition coefficient (Wildman–Crippen LogP) is 8.45. The summed E-state index contributed by atoms with van der Waals surface area (Å²) in [6.45, 7) is 6.25. The molecule has 2 atom stereocenters. The highest BCUT2D eigenvalue weighted by Gasteiger charge is 2.49. The Morgan fingerprint density at radius 1 is 0.673 bits per heavy atom. The van der Waals surface area contributed by atoms with Crippen LogP contribution in [0.1, 0.15) is 45.5 Å². The van der Waals surface area contributed by atoms with Gasteiger partial charge in [-0.05, 0) is 95.1 Å². The van der Waals surface area contributed by atoms with E-state index in [-0.39, 0.29) is 29.3 Å². The molecule has 0 aromatic heterocycles. The van der Waals surface area contributed by atoms with Crippen LogP contribution in [0.5, 0.6) is 0 Å². The van der Waals surface area contributed by atoms with Gasteiger partial charge in [0.05, 0.1) is 19.1 Å². The van der Waals surface area contributed by atoms with Crippen LogP contribution in [0.4, 0.5) is 17.6 Å². The number of piperazine rings is 2. The summed E-state index contributed by atoms with van der Waals surface area (Å²) < 4.78 is 60.8. The highest BCUT2D eigenvalue weighted by atomic mass is 19.1. The molecule has 0 radical (unpaired) electrons. The van der Waals surface area contributed by atoms with Crippen LogP contribution in [0.25, 0.3) is 6.08 Å². The monoisotopic (exact) mass is 751 g/mol. The molecule has 2 saturated heterocycles. The van der Waals surface area contributed by atoms with Crippen molar-refractivity contribution >= 4 is 6.08 Å². The molecule has 5 aromatic carbocycles. The van der Waals surface area contributed by atoms with Crippen molar-refractivity contribution in [2.75, 3.05) is 59.5 Å². The fourth-order valence-electron chi connectivity index (χ4n) is 8.09. The molecule has 0 aliphatic carbocycles. The third-order valence-corrected chi connectivity index (χ3v) is 11.0. The lowest BCUT2D eigenvalue weighted by Crippen LogP contribution is -2.65. The molecule has 2 aliphatic heterocycles. The summed E-state index contributed by atoms with van der Waals surface area (Å²) in [4.78, 5) is 7.05. The number of nitrogens with zero attached hydrogens (tertiary/aromatic N) is 4. The Bertz CT molecular complexity index is 1930. The lowest BCUT2D eigenvalue weighted by Gasteiger charge is -2.47. The minimum atomic E-state index is -0.612. The first kappa shape index (κ1) is 38.6. The molecule has 0 saturated carbocycles. The molecule has 7 rings (SSSR count). The third-order valence-electron chi connectivity index (χ3n) is 11.0. The van der Waals surface area contributed by atoms with Crippen LogP contribution in [0.3, 0.4) is 0 Å². The van der Waals surface area contributed by atoms with Gasteiger partial charge in [0.1, 0.15) is 29.8 Å². The van der Waals surface area contributed by atoms with Crippen molar-refractivity contribution in [1.29, 1.82) is 0 Å². The number of hydrogen-bond acceptors (Lipinski definition) is 5. The first-order valence-electron chi connectivity index (χ1n) is 18.8. The Morgan fingerprint density at radius 2 is 1.18 bits per heavy atom. The van der Waals surface area contributed by atoms with Crippen molar-refractivity contribution in [2.45, 2.75) is 24.9 Å². The highest BCUT2D eigenvalue weighted by molar-refractivity contribution is 5.50.